The van der Waals surface area contributed by atoms with Crippen molar-refractivity contribution in [2.75, 3.05) is 20.7 Å². The van der Waals surface area contributed by atoms with Crippen LogP contribution in [0.25, 0.3) is 0 Å². The highest BCUT2D eigenvalue weighted by atomic mass is 16.6. The minimum absolute atomic E-state index is 0.0108. The molecule has 122 valence electrons. The van der Waals surface area contributed by atoms with Gasteiger partial charge in [0.2, 0.25) is 0 Å². The molecule has 1 fully saturated rings. The van der Waals surface area contributed by atoms with Gasteiger partial charge in [-0.25, -0.2) is 4.68 Å². The van der Waals surface area contributed by atoms with Crippen LogP contribution in [0.1, 0.15) is 16.6 Å². The van der Waals surface area contributed by atoms with Crippen molar-refractivity contribution in [3.05, 3.63) is 11.8 Å². The Morgan fingerprint density at radius 1 is 1.50 bits per heavy atom. The van der Waals surface area contributed by atoms with E-state index >= 15 is 0 Å². The normalized spacial score (nSPS) is 28.4. The molecule has 1 aliphatic heterocycles. The molecule has 0 saturated carbocycles. The third kappa shape index (κ3) is 2.92. The van der Waals surface area contributed by atoms with Crippen LogP contribution in [0.4, 0.5) is 5.82 Å². The maximum Gasteiger partial charge on any atom is 0.254 e. The number of rotatable bonds is 5. The van der Waals surface area contributed by atoms with Crippen LogP contribution in [0, 0.1) is 0 Å². The smallest absolute Gasteiger partial charge is 0.254 e. The molecule has 4 atom stereocenters. The van der Waals surface area contributed by atoms with Gasteiger partial charge in [0.05, 0.1) is 12.8 Å². The fourth-order valence-corrected chi connectivity index (χ4v) is 2.03. The van der Waals surface area contributed by atoms with E-state index < -0.39 is 37.1 Å². The predicted molar refractivity (Wildman–Crippen MR) is 72.0 cm³/mol. The van der Waals surface area contributed by atoms with Crippen LogP contribution < -0.4 is 5.73 Å². The van der Waals surface area contributed by atoms with Gasteiger partial charge in [-0.15, -0.1) is 5.11 Å². The SMILES string of the molecule is CN(C)/N=N\c1c(C(N)=O)cnn1C1OC(CO)C(O)C1O. The number of aliphatic hydroxyl groups is 3. The molecule has 0 aromatic carbocycles. The van der Waals surface area contributed by atoms with Gasteiger partial charge in [0, 0.05) is 14.1 Å². The molecule has 0 spiro atoms. The van der Waals surface area contributed by atoms with Crippen molar-refractivity contribution in [3.8, 4) is 0 Å². The van der Waals surface area contributed by atoms with Crippen molar-refractivity contribution < 1.29 is 24.9 Å². The van der Waals surface area contributed by atoms with Crippen molar-refractivity contribution in [1.82, 2.24) is 14.8 Å². The highest BCUT2D eigenvalue weighted by Crippen LogP contribution is 2.33. The minimum Gasteiger partial charge on any atom is -0.394 e. The maximum absolute atomic E-state index is 11.4. The summed E-state index contributed by atoms with van der Waals surface area (Å²) in [6.45, 7) is -0.479. The maximum atomic E-state index is 11.4. The Hall–Kier alpha value is -2.08. The summed E-state index contributed by atoms with van der Waals surface area (Å²) < 4.78 is 6.44. The first-order chi connectivity index (χ1) is 10.4. The first kappa shape index (κ1) is 16.3. The summed E-state index contributed by atoms with van der Waals surface area (Å²) in [5, 5.41) is 41.8. The molecule has 0 aliphatic carbocycles. The van der Waals surface area contributed by atoms with Crippen molar-refractivity contribution >= 4 is 11.7 Å². The molecular formula is C11H18N6O5. The van der Waals surface area contributed by atoms with Crippen molar-refractivity contribution in [1.29, 1.82) is 0 Å². The lowest BCUT2D eigenvalue weighted by atomic mass is 10.1. The van der Waals surface area contributed by atoms with E-state index in [-0.39, 0.29) is 11.4 Å². The quantitative estimate of drug-likeness (QED) is 0.367. The van der Waals surface area contributed by atoms with Crippen LogP contribution in [0.2, 0.25) is 0 Å². The average molecular weight is 314 g/mol. The van der Waals surface area contributed by atoms with Crippen molar-refractivity contribution in [2.24, 2.45) is 16.1 Å². The van der Waals surface area contributed by atoms with E-state index in [1.54, 1.807) is 14.1 Å². The van der Waals surface area contributed by atoms with Crippen LogP contribution in [-0.2, 0) is 4.74 Å². The molecule has 0 radical (unpaired) electrons. The van der Waals surface area contributed by atoms with Gasteiger partial charge in [0.1, 0.15) is 23.9 Å². The molecule has 1 saturated heterocycles. The monoisotopic (exact) mass is 314 g/mol. The van der Waals surface area contributed by atoms with Gasteiger partial charge in [0.15, 0.2) is 12.0 Å². The lowest BCUT2D eigenvalue weighted by molar-refractivity contribution is -0.0577. The number of hydrogen-bond donors (Lipinski definition) is 4. The van der Waals surface area contributed by atoms with Crippen LogP contribution >= 0.6 is 0 Å². The molecule has 1 amide bonds. The van der Waals surface area contributed by atoms with Crippen molar-refractivity contribution in [2.45, 2.75) is 24.5 Å². The number of aromatic nitrogens is 2. The summed E-state index contributed by atoms with van der Waals surface area (Å²) in [4.78, 5) is 11.4. The zero-order valence-corrected chi connectivity index (χ0v) is 12.1. The van der Waals surface area contributed by atoms with Crippen LogP contribution in [0.3, 0.4) is 0 Å². The highest BCUT2D eigenvalue weighted by Gasteiger charge is 2.45. The van der Waals surface area contributed by atoms with Crippen molar-refractivity contribution in [3.63, 3.8) is 0 Å². The van der Waals surface area contributed by atoms with Gasteiger partial charge >= 0.3 is 0 Å². The molecule has 4 unspecified atom stereocenters. The Bertz CT molecular complexity index is 573. The van der Waals surface area contributed by atoms with E-state index in [0.29, 0.717) is 0 Å². The molecule has 5 N–H and O–H groups in total. The Balaban J connectivity index is 2.41. The zero-order valence-electron chi connectivity index (χ0n) is 12.1. The number of primary amides is 1. The molecule has 11 heteroatoms. The van der Waals surface area contributed by atoms with Gasteiger partial charge < -0.3 is 25.8 Å². The number of ether oxygens (including phenoxy) is 1. The largest absolute Gasteiger partial charge is 0.394 e. The van der Waals surface area contributed by atoms with Gasteiger partial charge in [-0.1, -0.05) is 5.22 Å². The minimum atomic E-state index is -1.36. The molecule has 1 aromatic heterocycles. The Kier molecular flexibility index (Phi) is 4.71. The number of nitrogens with zero attached hydrogens (tertiary/aromatic N) is 5. The summed E-state index contributed by atoms with van der Waals surface area (Å²) in [7, 11) is 3.25. The molecule has 2 heterocycles. The summed E-state index contributed by atoms with van der Waals surface area (Å²) in [6.07, 6.45) is -3.58. The van der Waals surface area contributed by atoms with Gasteiger partial charge in [0.25, 0.3) is 5.91 Å². The number of aliphatic hydroxyl groups excluding tert-OH is 3. The molecule has 0 bridgehead atoms. The molecule has 2 rings (SSSR count). The van der Waals surface area contributed by atoms with Crippen LogP contribution in [0.15, 0.2) is 16.5 Å². The third-order valence-corrected chi connectivity index (χ3v) is 3.11. The van der Waals surface area contributed by atoms with Gasteiger partial charge in [-0.3, -0.25) is 9.80 Å². The van der Waals surface area contributed by atoms with E-state index in [2.05, 4.69) is 15.4 Å². The number of carbonyl (C=O) groups is 1. The number of carbonyl (C=O) groups excluding carboxylic acids is 1. The van der Waals surface area contributed by atoms with E-state index in [1.165, 1.54) is 11.2 Å². The van der Waals surface area contributed by atoms with Crippen LogP contribution in [0.5, 0.6) is 0 Å². The van der Waals surface area contributed by atoms with E-state index in [4.69, 9.17) is 15.6 Å². The molecule has 22 heavy (non-hydrogen) atoms. The molecule has 11 nitrogen and oxygen atoms in total. The second kappa shape index (κ2) is 6.36. The Morgan fingerprint density at radius 3 is 2.68 bits per heavy atom. The van der Waals surface area contributed by atoms with Gasteiger partial charge in [-0.05, 0) is 0 Å². The second-order valence-electron chi connectivity index (χ2n) is 4.96. The fourth-order valence-electron chi connectivity index (χ4n) is 2.03. The van der Waals surface area contributed by atoms with E-state index in [1.807, 2.05) is 0 Å². The number of amides is 1. The lowest BCUT2D eigenvalue weighted by Gasteiger charge is -2.16. The summed E-state index contributed by atoms with van der Waals surface area (Å²) in [5.41, 5.74) is 5.24. The summed E-state index contributed by atoms with van der Waals surface area (Å²) >= 11 is 0. The van der Waals surface area contributed by atoms with Gasteiger partial charge in [-0.2, -0.15) is 5.10 Å². The molecular weight excluding hydrogens is 296 g/mol. The third-order valence-electron chi connectivity index (χ3n) is 3.11. The topological polar surface area (TPSA) is 159 Å². The lowest BCUT2D eigenvalue weighted by Crippen LogP contribution is -2.33. The summed E-state index contributed by atoms with van der Waals surface area (Å²) in [5.74, 6) is -0.790. The fraction of sp³-hybridized carbons (Fsp3) is 0.636. The highest BCUT2D eigenvalue weighted by molar-refractivity contribution is 5.96. The van der Waals surface area contributed by atoms with Crippen LogP contribution in [-0.4, -0.2) is 75.0 Å². The first-order valence-corrected chi connectivity index (χ1v) is 6.45. The Labute approximate surface area is 125 Å². The average Bonchev–Trinajstić information content (AvgIpc) is 2.99. The predicted octanol–water partition coefficient (Wildman–Crippen LogP) is -1.85. The standard InChI is InChI=1S/C11H18N6O5/c1-16(2)15-14-10-5(9(12)21)3-13-17(10)11-8(20)7(19)6(4-18)22-11/h3,6-8,11,18-20H,4H2,1-2H3,(H2,12,21)/b15-14-. The Morgan fingerprint density at radius 2 is 2.18 bits per heavy atom. The molecule has 1 aromatic rings. The zero-order chi connectivity index (χ0) is 16.4. The van der Waals surface area contributed by atoms with E-state index in [0.717, 1.165) is 4.68 Å². The number of nitrogens with two attached hydrogens (primary N) is 1. The first-order valence-electron chi connectivity index (χ1n) is 6.45. The summed E-state index contributed by atoms with van der Waals surface area (Å²) in [6, 6.07) is 0. The number of hydrogen-bond acceptors (Lipinski definition) is 8. The molecule has 1 aliphatic rings. The second-order valence-corrected chi connectivity index (χ2v) is 4.96. The van der Waals surface area contributed by atoms with E-state index in [9.17, 15) is 15.0 Å².